The first-order valence-electron chi connectivity index (χ1n) is 8.43. The molecule has 1 aliphatic rings. The molecule has 0 saturated carbocycles. The van der Waals surface area contributed by atoms with Crippen molar-refractivity contribution in [1.82, 2.24) is 14.4 Å². The van der Waals surface area contributed by atoms with E-state index in [1.54, 1.807) is 28.0 Å². The molecule has 0 spiro atoms. The lowest BCUT2D eigenvalue weighted by Gasteiger charge is -2.40. The van der Waals surface area contributed by atoms with Gasteiger partial charge in [-0.25, -0.2) is 0 Å². The number of rotatable bonds is 4. The third-order valence-electron chi connectivity index (χ3n) is 4.40. The highest BCUT2D eigenvalue weighted by atomic mass is 35.5. The molecule has 0 atom stereocenters. The van der Waals surface area contributed by atoms with E-state index in [1.807, 2.05) is 48.9 Å². The van der Waals surface area contributed by atoms with E-state index < -0.39 is 5.50 Å². The van der Waals surface area contributed by atoms with Crippen molar-refractivity contribution in [3.63, 3.8) is 0 Å². The standard InChI is InChI=1S/C19H20ClN3O2S/c1-3-21-17(24)16(18(25)22(4-2)19(21)26)12-15-6-5-11-23(15)14-9-7-13(20)8-10-14/h5-12,19,26H,3-4H2,1-2H3. The minimum Gasteiger partial charge on any atom is -0.317 e. The molecule has 2 aromatic rings. The van der Waals surface area contributed by atoms with Gasteiger partial charge in [-0.3, -0.25) is 9.59 Å². The molecule has 26 heavy (non-hydrogen) atoms. The Balaban J connectivity index is 2.04. The normalized spacial score (nSPS) is 17.8. The minimum absolute atomic E-state index is 0.146. The molecule has 136 valence electrons. The van der Waals surface area contributed by atoms with Crippen LogP contribution in [0.5, 0.6) is 0 Å². The third kappa shape index (κ3) is 3.27. The number of likely N-dealkylation sites (N-methyl/N-ethyl adjacent to an activating group) is 2. The first-order valence-corrected chi connectivity index (χ1v) is 9.32. The largest absolute Gasteiger partial charge is 0.317 e. The summed E-state index contributed by atoms with van der Waals surface area (Å²) >= 11 is 10.4. The summed E-state index contributed by atoms with van der Waals surface area (Å²) in [6, 6.07) is 11.1. The van der Waals surface area contributed by atoms with Crippen molar-refractivity contribution in [1.29, 1.82) is 0 Å². The van der Waals surface area contributed by atoms with Gasteiger partial charge in [0.25, 0.3) is 11.8 Å². The number of benzene rings is 1. The molecule has 0 N–H and O–H groups in total. The maximum atomic E-state index is 12.8. The zero-order valence-corrected chi connectivity index (χ0v) is 16.2. The molecule has 2 amide bonds. The molecular weight excluding hydrogens is 370 g/mol. The van der Waals surface area contributed by atoms with Crippen molar-refractivity contribution in [3.8, 4) is 5.69 Å². The van der Waals surface area contributed by atoms with E-state index in [2.05, 4.69) is 12.6 Å². The Hall–Kier alpha value is -2.18. The summed E-state index contributed by atoms with van der Waals surface area (Å²) in [6.07, 6.45) is 3.52. The van der Waals surface area contributed by atoms with Gasteiger partial charge >= 0.3 is 0 Å². The Bertz CT molecular complexity index is 834. The number of thiol groups is 1. The predicted molar refractivity (Wildman–Crippen MR) is 106 cm³/mol. The molecule has 1 aliphatic heterocycles. The van der Waals surface area contributed by atoms with Crippen LogP contribution in [0.25, 0.3) is 11.8 Å². The highest BCUT2D eigenvalue weighted by Crippen LogP contribution is 2.25. The molecule has 7 heteroatoms. The first kappa shape index (κ1) is 18.6. The van der Waals surface area contributed by atoms with Crippen molar-refractivity contribution in [2.24, 2.45) is 0 Å². The van der Waals surface area contributed by atoms with Crippen molar-refractivity contribution in [3.05, 3.63) is 58.9 Å². The van der Waals surface area contributed by atoms with Gasteiger partial charge in [0.2, 0.25) is 0 Å². The van der Waals surface area contributed by atoms with Gasteiger partial charge in [0.1, 0.15) is 5.57 Å². The van der Waals surface area contributed by atoms with Gasteiger partial charge in [-0.15, -0.1) is 12.6 Å². The Morgan fingerprint density at radius 1 is 1.04 bits per heavy atom. The lowest BCUT2D eigenvalue weighted by molar-refractivity contribution is -0.145. The molecular formula is C19H20ClN3O2S. The summed E-state index contributed by atoms with van der Waals surface area (Å²) in [4.78, 5) is 28.7. The number of aromatic nitrogens is 1. The van der Waals surface area contributed by atoms with Crippen LogP contribution in [0.4, 0.5) is 0 Å². The Morgan fingerprint density at radius 3 is 2.15 bits per heavy atom. The van der Waals surface area contributed by atoms with E-state index in [4.69, 9.17) is 11.6 Å². The van der Waals surface area contributed by atoms with Crippen LogP contribution >= 0.6 is 24.2 Å². The van der Waals surface area contributed by atoms with Crippen molar-refractivity contribution in [2.75, 3.05) is 13.1 Å². The minimum atomic E-state index is -0.537. The Morgan fingerprint density at radius 2 is 1.62 bits per heavy atom. The average Bonchev–Trinajstić information content (AvgIpc) is 3.08. The van der Waals surface area contributed by atoms with E-state index in [9.17, 15) is 9.59 Å². The summed E-state index contributed by atoms with van der Waals surface area (Å²) in [7, 11) is 0. The van der Waals surface area contributed by atoms with Gasteiger partial charge in [0.05, 0.1) is 0 Å². The third-order valence-corrected chi connectivity index (χ3v) is 5.21. The molecule has 0 bridgehead atoms. The number of nitrogens with zero attached hydrogens (tertiary/aromatic N) is 3. The molecule has 2 heterocycles. The van der Waals surface area contributed by atoms with Gasteiger partial charge in [0, 0.05) is 35.7 Å². The molecule has 1 aromatic heterocycles. The summed E-state index contributed by atoms with van der Waals surface area (Å²) in [5, 5.41) is 0.649. The van der Waals surface area contributed by atoms with Gasteiger partial charge in [-0.1, -0.05) is 11.6 Å². The van der Waals surface area contributed by atoms with Crippen molar-refractivity contribution >= 4 is 42.1 Å². The zero-order chi connectivity index (χ0) is 18.8. The SMILES string of the molecule is CCN1C(=O)C(=Cc2cccn2-c2ccc(Cl)cc2)C(=O)N(CC)C1S. The van der Waals surface area contributed by atoms with Crippen LogP contribution in [-0.4, -0.2) is 44.8 Å². The number of carbonyl (C=O) groups is 2. The molecule has 1 saturated heterocycles. The van der Waals surface area contributed by atoms with Gasteiger partial charge in [-0.2, -0.15) is 0 Å². The second-order valence-electron chi connectivity index (χ2n) is 5.87. The first-order chi connectivity index (χ1) is 12.5. The van der Waals surface area contributed by atoms with Crippen LogP contribution in [0.2, 0.25) is 5.02 Å². The van der Waals surface area contributed by atoms with Gasteiger partial charge in [-0.05, 0) is 56.3 Å². The fraction of sp³-hybridized carbons (Fsp3) is 0.263. The second kappa shape index (κ2) is 7.60. The highest BCUT2D eigenvalue weighted by Gasteiger charge is 2.39. The van der Waals surface area contributed by atoms with Crippen LogP contribution in [0.3, 0.4) is 0 Å². The molecule has 1 fully saturated rings. The summed E-state index contributed by atoms with van der Waals surface area (Å²) in [5.41, 5.74) is 1.25. The predicted octanol–water partition coefficient (Wildman–Crippen LogP) is 3.44. The van der Waals surface area contributed by atoms with Crippen LogP contribution in [0, 0.1) is 0 Å². The maximum absolute atomic E-state index is 12.8. The van der Waals surface area contributed by atoms with Crippen LogP contribution in [-0.2, 0) is 9.59 Å². The van der Waals surface area contributed by atoms with Crippen LogP contribution in [0.15, 0.2) is 48.2 Å². The number of carbonyl (C=O) groups excluding carboxylic acids is 2. The lowest BCUT2D eigenvalue weighted by Crippen LogP contribution is -2.57. The number of hydrogen-bond donors (Lipinski definition) is 1. The van der Waals surface area contributed by atoms with Crippen LogP contribution < -0.4 is 0 Å². The average molecular weight is 390 g/mol. The summed E-state index contributed by atoms with van der Waals surface area (Å²) < 4.78 is 1.91. The Kier molecular flexibility index (Phi) is 5.44. The zero-order valence-electron chi connectivity index (χ0n) is 14.6. The van der Waals surface area contributed by atoms with Gasteiger partial charge in [0.15, 0.2) is 5.50 Å². The summed E-state index contributed by atoms with van der Waals surface area (Å²) in [6.45, 7) is 4.70. The number of halogens is 1. The van der Waals surface area contributed by atoms with E-state index in [0.29, 0.717) is 18.1 Å². The van der Waals surface area contributed by atoms with E-state index in [0.717, 1.165) is 11.4 Å². The molecule has 0 aliphatic carbocycles. The molecule has 5 nitrogen and oxygen atoms in total. The van der Waals surface area contributed by atoms with E-state index in [1.165, 1.54) is 0 Å². The fourth-order valence-corrected chi connectivity index (χ4v) is 3.67. The molecule has 0 unspecified atom stereocenters. The molecule has 3 rings (SSSR count). The molecule has 0 radical (unpaired) electrons. The monoisotopic (exact) mass is 389 g/mol. The highest BCUT2D eigenvalue weighted by molar-refractivity contribution is 7.80. The van der Waals surface area contributed by atoms with Crippen LogP contribution in [0.1, 0.15) is 19.5 Å². The lowest BCUT2D eigenvalue weighted by atomic mass is 10.1. The topological polar surface area (TPSA) is 45.6 Å². The summed E-state index contributed by atoms with van der Waals surface area (Å²) in [5.74, 6) is -0.600. The molecule has 1 aromatic carbocycles. The maximum Gasteiger partial charge on any atom is 0.261 e. The van der Waals surface area contributed by atoms with Crippen molar-refractivity contribution in [2.45, 2.75) is 19.3 Å². The quantitative estimate of drug-likeness (QED) is 0.494. The second-order valence-corrected chi connectivity index (χ2v) is 6.76. The van der Waals surface area contributed by atoms with E-state index in [-0.39, 0.29) is 17.4 Å². The Labute approximate surface area is 163 Å². The fourth-order valence-electron chi connectivity index (χ4n) is 3.01. The number of amides is 2. The smallest absolute Gasteiger partial charge is 0.261 e. The van der Waals surface area contributed by atoms with Gasteiger partial charge < -0.3 is 14.4 Å². The van der Waals surface area contributed by atoms with E-state index >= 15 is 0 Å². The van der Waals surface area contributed by atoms with Crippen molar-refractivity contribution < 1.29 is 9.59 Å². The number of hydrogen-bond acceptors (Lipinski definition) is 3.